The normalized spacial score (nSPS) is 16.6. The summed E-state index contributed by atoms with van der Waals surface area (Å²) in [4.78, 5) is 14.3. The lowest BCUT2D eigenvalue weighted by Crippen LogP contribution is -2.38. The first-order chi connectivity index (χ1) is 11.9. The Morgan fingerprint density at radius 2 is 1.68 bits per heavy atom. The van der Waals surface area contributed by atoms with Crippen LogP contribution in [0.15, 0.2) is 24.3 Å². The molecule has 3 nitrogen and oxygen atoms in total. The van der Waals surface area contributed by atoms with Crippen molar-refractivity contribution < 1.29 is 4.79 Å². The van der Waals surface area contributed by atoms with Gasteiger partial charge in [-0.2, -0.15) is 0 Å². The Kier molecular flexibility index (Phi) is 7.95. The summed E-state index contributed by atoms with van der Waals surface area (Å²) in [5.74, 6) is 1.42. The van der Waals surface area contributed by atoms with Crippen molar-refractivity contribution in [2.24, 2.45) is 11.8 Å². The summed E-state index contributed by atoms with van der Waals surface area (Å²) in [6, 6.07) is 9.70. The van der Waals surface area contributed by atoms with Gasteiger partial charge in [-0.3, -0.25) is 4.79 Å². The van der Waals surface area contributed by atoms with Crippen LogP contribution in [0.25, 0.3) is 0 Å². The van der Waals surface area contributed by atoms with Gasteiger partial charge in [-0.05, 0) is 75.6 Å². The molecular formula is C22H36N2O. The van der Waals surface area contributed by atoms with Gasteiger partial charge >= 0.3 is 0 Å². The molecule has 0 unspecified atom stereocenters. The van der Waals surface area contributed by atoms with Gasteiger partial charge in [0.15, 0.2) is 0 Å². The van der Waals surface area contributed by atoms with Crippen LogP contribution in [0, 0.1) is 11.8 Å². The number of amides is 1. The van der Waals surface area contributed by atoms with E-state index in [9.17, 15) is 4.79 Å². The third kappa shape index (κ3) is 7.19. The number of carbonyl (C=O) groups excluding carboxylic acids is 1. The van der Waals surface area contributed by atoms with E-state index in [1.54, 1.807) is 0 Å². The van der Waals surface area contributed by atoms with Crippen LogP contribution in [-0.2, 0) is 17.6 Å². The molecule has 0 spiro atoms. The maximum Gasteiger partial charge on any atom is 0.220 e. The van der Waals surface area contributed by atoms with Crippen molar-refractivity contribution in [3.63, 3.8) is 0 Å². The molecule has 25 heavy (non-hydrogen) atoms. The molecule has 140 valence electrons. The Hall–Kier alpha value is -1.35. The molecule has 1 amide bonds. The summed E-state index contributed by atoms with van der Waals surface area (Å²) >= 11 is 0. The topological polar surface area (TPSA) is 32.3 Å². The molecule has 1 fully saturated rings. The average Bonchev–Trinajstić information content (AvgIpc) is 2.56. The number of rotatable bonds is 8. The first kappa shape index (κ1) is 20.0. The van der Waals surface area contributed by atoms with Gasteiger partial charge in [0.05, 0.1) is 0 Å². The maximum absolute atomic E-state index is 11.7. The van der Waals surface area contributed by atoms with Crippen LogP contribution >= 0.6 is 0 Å². The molecule has 1 aliphatic rings. The molecule has 1 saturated heterocycles. The number of carbonyl (C=O) groups is 1. The summed E-state index contributed by atoms with van der Waals surface area (Å²) in [6.07, 6.45) is 5.38. The van der Waals surface area contributed by atoms with E-state index in [-0.39, 0.29) is 5.91 Å². The number of likely N-dealkylation sites (tertiary alicyclic amines) is 1. The van der Waals surface area contributed by atoms with Gasteiger partial charge in [0.2, 0.25) is 5.91 Å². The van der Waals surface area contributed by atoms with Crippen LogP contribution in [0.5, 0.6) is 0 Å². The third-order valence-corrected chi connectivity index (χ3v) is 5.26. The van der Waals surface area contributed by atoms with Gasteiger partial charge in [0.25, 0.3) is 0 Å². The summed E-state index contributed by atoms with van der Waals surface area (Å²) in [6.45, 7) is 12.0. The molecule has 1 N–H and O–H groups in total. The summed E-state index contributed by atoms with van der Waals surface area (Å²) in [5.41, 5.74) is 2.76. The van der Waals surface area contributed by atoms with E-state index in [0.29, 0.717) is 18.4 Å². The molecule has 1 aliphatic heterocycles. The second kappa shape index (κ2) is 9.96. The third-order valence-electron chi connectivity index (χ3n) is 5.26. The SMILES string of the molecule is CC(C)CC(=O)NCCc1ccc(CC2CCN(C(C)C)CC2)cc1. The van der Waals surface area contributed by atoms with Crippen LogP contribution < -0.4 is 5.32 Å². The minimum absolute atomic E-state index is 0.166. The largest absolute Gasteiger partial charge is 0.356 e. The lowest BCUT2D eigenvalue weighted by atomic mass is 9.89. The highest BCUT2D eigenvalue weighted by Gasteiger charge is 2.20. The Balaban J connectivity index is 1.70. The van der Waals surface area contributed by atoms with Gasteiger partial charge < -0.3 is 10.2 Å². The van der Waals surface area contributed by atoms with Crippen molar-refractivity contribution in [2.75, 3.05) is 19.6 Å². The zero-order chi connectivity index (χ0) is 18.2. The Morgan fingerprint density at radius 3 is 2.24 bits per heavy atom. The predicted octanol–water partition coefficient (Wildman–Crippen LogP) is 4.05. The highest BCUT2D eigenvalue weighted by Crippen LogP contribution is 2.23. The minimum Gasteiger partial charge on any atom is -0.356 e. The van der Waals surface area contributed by atoms with Gasteiger partial charge in [0.1, 0.15) is 0 Å². The van der Waals surface area contributed by atoms with Crippen LogP contribution in [-0.4, -0.2) is 36.5 Å². The van der Waals surface area contributed by atoms with Gasteiger partial charge in [-0.1, -0.05) is 38.1 Å². The lowest BCUT2D eigenvalue weighted by molar-refractivity contribution is -0.121. The molecule has 1 aromatic carbocycles. The molecule has 0 aliphatic carbocycles. The van der Waals surface area contributed by atoms with E-state index in [0.717, 1.165) is 18.9 Å². The Bertz CT molecular complexity index is 513. The minimum atomic E-state index is 0.166. The molecule has 1 heterocycles. The smallest absolute Gasteiger partial charge is 0.220 e. The van der Waals surface area contributed by atoms with E-state index in [1.165, 1.54) is 43.5 Å². The van der Waals surface area contributed by atoms with Crippen LogP contribution in [0.3, 0.4) is 0 Å². The zero-order valence-corrected chi connectivity index (χ0v) is 16.6. The molecule has 0 radical (unpaired) electrons. The van der Waals surface area contributed by atoms with E-state index in [4.69, 9.17) is 0 Å². The van der Waals surface area contributed by atoms with Gasteiger partial charge in [-0.15, -0.1) is 0 Å². The Labute approximate surface area is 154 Å². The van der Waals surface area contributed by atoms with Crippen LogP contribution in [0.1, 0.15) is 58.1 Å². The van der Waals surface area contributed by atoms with Crippen molar-refractivity contribution in [3.8, 4) is 0 Å². The predicted molar refractivity (Wildman–Crippen MR) is 106 cm³/mol. The molecule has 0 saturated carbocycles. The summed E-state index contributed by atoms with van der Waals surface area (Å²) < 4.78 is 0. The standard InChI is InChI=1S/C22H36N2O/c1-17(2)15-22(25)23-12-9-19-5-7-20(8-6-19)16-21-10-13-24(14-11-21)18(3)4/h5-8,17-18,21H,9-16H2,1-4H3,(H,23,25). The van der Waals surface area contributed by atoms with E-state index in [1.807, 2.05) is 0 Å². The van der Waals surface area contributed by atoms with Gasteiger partial charge in [-0.25, -0.2) is 0 Å². The first-order valence-electron chi connectivity index (χ1n) is 10.0. The van der Waals surface area contributed by atoms with Crippen molar-refractivity contribution in [3.05, 3.63) is 35.4 Å². The molecule has 2 rings (SSSR count). The van der Waals surface area contributed by atoms with Crippen molar-refractivity contribution in [1.82, 2.24) is 10.2 Å². The van der Waals surface area contributed by atoms with Crippen LogP contribution in [0.4, 0.5) is 0 Å². The highest BCUT2D eigenvalue weighted by molar-refractivity contribution is 5.76. The van der Waals surface area contributed by atoms with Crippen molar-refractivity contribution in [1.29, 1.82) is 0 Å². The average molecular weight is 345 g/mol. The first-order valence-corrected chi connectivity index (χ1v) is 10.0. The fraction of sp³-hybridized carbons (Fsp3) is 0.682. The van der Waals surface area contributed by atoms with Crippen LogP contribution in [0.2, 0.25) is 0 Å². The monoisotopic (exact) mass is 344 g/mol. The second-order valence-electron chi connectivity index (χ2n) is 8.29. The maximum atomic E-state index is 11.7. The number of nitrogens with one attached hydrogen (secondary N) is 1. The lowest BCUT2D eigenvalue weighted by Gasteiger charge is -2.34. The van der Waals surface area contributed by atoms with E-state index < -0.39 is 0 Å². The fourth-order valence-electron chi connectivity index (χ4n) is 3.64. The summed E-state index contributed by atoms with van der Waals surface area (Å²) in [7, 11) is 0. The number of nitrogens with zero attached hydrogens (tertiary/aromatic N) is 1. The molecule has 0 aromatic heterocycles. The van der Waals surface area contributed by atoms with E-state index >= 15 is 0 Å². The molecule has 1 aromatic rings. The highest BCUT2D eigenvalue weighted by atomic mass is 16.1. The number of hydrogen-bond acceptors (Lipinski definition) is 2. The molecule has 3 heteroatoms. The fourth-order valence-corrected chi connectivity index (χ4v) is 3.64. The van der Waals surface area contributed by atoms with Crippen molar-refractivity contribution in [2.45, 2.75) is 65.8 Å². The Morgan fingerprint density at radius 1 is 1.08 bits per heavy atom. The van der Waals surface area contributed by atoms with Crippen molar-refractivity contribution >= 4 is 5.91 Å². The summed E-state index contributed by atoms with van der Waals surface area (Å²) in [5, 5.41) is 3.01. The molecule has 0 atom stereocenters. The quantitative estimate of drug-likeness (QED) is 0.771. The second-order valence-corrected chi connectivity index (χ2v) is 8.29. The number of hydrogen-bond donors (Lipinski definition) is 1. The zero-order valence-electron chi connectivity index (χ0n) is 16.6. The molecule has 0 bridgehead atoms. The van der Waals surface area contributed by atoms with E-state index in [2.05, 4.69) is 62.2 Å². The van der Waals surface area contributed by atoms with Gasteiger partial charge in [0, 0.05) is 19.0 Å². The number of benzene rings is 1. The molecular weight excluding hydrogens is 308 g/mol. The number of piperidine rings is 1.